The molecule has 17 heavy (non-hydrogen) atoms. The van der Waals surface area contributed by atoms with Gasteiger partial charge in [-0.1, -0.05) is 0 Å². The fourth-order valence-corrected chi connectivity index (χ4v) is 4.84. The monoisotopic (exact) mass is 336 g/mol. The Morgan fingerprint density at radius 2 is 1.35 bits per heavy atom. The van der Waals surface area contributed by atoms with Crippen molar-refractivity contribution >= 4 is 22.0 Å². The van der Waals surface area contributed by atoms with Gasteiger partial charge in [-0.2, -0.15) is 0 Å². The zero-order valence-corrected chi connectivity index (χ0v) is 13.5. The average Bonchev–Trinajstić information content (AvgIpc) is 2.29. The molecular weight excluding hydrogens is 319 g/mol. The van der Waals surface area contributed by atoms with Gasteiger partial charge in [-0.3, -0.25) is 0 Å². The number of hydrogen-bond acceptors (Lipinski definition) is 4. The van der Waals surface area contributed by atoms with E-state index in [-0.39, 0.29) is 0 Å². The van der Waals surface area contributed by atoms with E-state index in [0.717, 1.165) is 5.56 Å². The standard InChI is InChI=1S/C9H7N4.3CH3.Sn/c1-7-10-12-9(13-11-7)8-5-3-2-4-6-8;;;;/h3-6H,1H3;3*1H3;. The number of hydrogen-bond donors (Lipinski definition) is 0. The van der Waals surface area contributed by atoms with Crippen LogP contribution in [0.3, 0.4) is 0 Å². The van der Waals surface area contributed by atoms with Crippen molar-refractivity contribution in [1.29, 1.82) is 0 Å². The van der Waals surface area contributed by atoms with Gasteiger partial charge >= 0.3 is 106 Å². The van der Waals surface area contributed by atoms with E-state index in [1.54, 1.807) is 6.92 Å². The predicted molar refractivity (Wildman–Crippen MR) is 70.8 cm³/mol. The molecule has 0 spiro atoms. The summed E-state index contributed by atoms with van der Waals surface area (Å²) in [7, 11) is 0. The van der Waals surface area contributed by atoms with Crippen LogP contribution in [0.5, 0.6) is 0 Å². The minimum absolute atomic E-state index is 0.589. The van der Waals surface area contributed by atoms with Crippen molar-refractivity contribution in [2.24, 2.45) is 0 Å². The molecule has 1 heterocycles. The maximum absolute atomic E-state index is 4.03. The number of nitrogens with zero attached hydrogens (tertiary/aromatic N) is 4. The van der Waals surface area contributed by atoms with Crippen LogP contribution in [-0.2, 0) is 0 Å². The van der Waals surface area contributed by atoms with E-state index in [4.69, 9.17) is 0 Å². The summed E-state index contributed by atoms with van der Waals surface area (Å²) in [5.74, 6) is 1.18. The van der Waals surface area contributed by atoms with Gasteiger partial charge in [0, 0.05) is 0 Å². The van der Waals surface area contributed by atoms with Gasteiger partial charge in [-0.15, -0.1) is 0 Å². The Balaban J connectivity index is 2.33. The van der Waals surface area contributed by atoms with E-state index in [0.29, 0.717) is 11.6 Å². The second kappa shape index (κ2) is 4.68. The Morgan fingerprint density at radius 1 is 0.824 bits per heavy atom. The van der Waals surface area contributed by atoms with E-state index in [9.17, 15) is 0 Å². The predicted octanol–water partition coefficient (Wildman–Crippen LogP) is 1.79. The molecule has 0 aliphatic heterocycles. The molecule has 0 amide bonds. The molecule has 0 saturated carbocycles. The number of rotatable bonds is 2. The number of benzene rings is 1. The quantitative estimate of drug-likeness (QED) is 0.786. The first-order valence-electron chi connectivity index (χ1n) is 5.62. The minimum atomic E-state index is -1.95. The molecule has 0 N–H and O–H groups in total. The SMILES string of the molecule is Cc1nnc(-c2cc[c]([Sn]([CH3])([CH3])[CH3])cc2)nn1. The molecule has 0 bridgehead atoms. The van der Waals surface area contributed by atoms with E-state index in [2.05, 4.69) is 59.5 Å². The molecule has 0 aliphatic rings. The van der Waals surface area contributed by atoms with Crippen molar-refractivity contribution in [3.8, 4) is 11.4 Å². The van der Waals surface area contributed by atoms with Gasteiger partial charge in [0.25, 0.3) is 0 Å². The molecule has 88 valence electrons. The first-order valence-corrected chi connectivity index (χ1v) is 15.6. The normalized spacial score (nSPS) is 11.5. The fraction of sp³-hybridized carbons (Fsp3) is 0.333. The van der Waals surface area contributed by atoms with Gasteiger partial charge < -0.3 is 0 Å². The molecule has 0 radical (unpaired) electrons. The van der Waals surface area contributed by atoms with Gasteiger partial charge in [-0.25, -0.2) is 0 Å². The summed E-state index contributed by atoms with van der Waals surface area (Å²) in [6.45, 7) is 1.78. The van der Waals surface area contributed by atoms with Gasteiger partial charge in [0.15, 0.2) is 0 Å². The molecule has 0 saturated heterocycles. The van der Waals surface area contributed by atoms with Crippen molar-refractivity contribution in [3.05, 3.63) is 30.1 Å². The first kappa shape index (κ1) is 12.4. The van der Waals surface area contributed by atoms with Crippen LogP contribution in [-0.4, -0.2) is 38.8 Å². The summed E-state index contributed by atoms with van der Waals surface area (Å²) in [4.78, 5) is 7.19. The van der Waals surface area contributed by atoms with Crippen LogP contribution in [0.15, 0.2) is 24.3 Å². The van der Waals surface area contributed by atoms with Crippen molar-refractivity contribution < 1.29 is 0 Å². The van der Waals surface area contributed by atoms with Crippen molar-refractivity contribution in [2.75, 3.05) is 0 Å². The number of aryl methyl sites for hydroxylation is 1. The van der Waals surface area contributed by atoms with Crippen LogP contribution in [0.2, 0.25) is 14.8 Å². The van der Waals surface area contributed by atoms with E-state index in [1.165, 1.54) is 3.58 Å². The van der Waals surface area contributed by atoms with Gasteiger partial charge in [0.05, 0.1) is 0 Å². The Hall–Kier alpha value is -1.04. The van der Waals surface area contributed by atoms with Crippen LogP contribution >= 0.6 is 0 Å². The second-order valence-corrected chi connectivity index (χ2v) is 19.6. The topological polar surface area (TPSA) is 51.6 Å². The van der Waals surface area contributed by atoms with Crippen LogP contribution in [0.25, 0.3) is 11.4 Å². The zero-order valence-electron chi connectivity index (χ0n) is 10.6. The fourth-order valence-electron chi connectivity index (χ4n) is 1.51. The van der Waals surface area contributed by atoms with Crippen LogP contribution in [0.4, 0.5) is 0 Å². The van der Waals surface area contributed by atoms with Crippen LogP contribution in [0, 0.1) is 6.92 Å². The zero-order chi connectivity index (χ0) is 12.5. The summed E-state index contributed by atoms with van der Waals surface area (Å²) in [6.07, 6.45) is 0. The van der Waals surface area contributed by atoms with Gasteiger partial charge in [0.2, 0.25) is 0 Å². The average molecular weight is 335 g/mol. The summed E-state index contributed by atoms with van der Waals surface area (Å²) >= 11 is -1.95. The third kappa shape index (κ3) is 3.00. The second-order valence-electron chi connectivity index (χ2n) is 5.10. The molecule has 5 heteroatoms. The Kier molecular flexibility index (Phi) is 3.42. The van der Waals surface area contributed by atoms with Gasteiger partial charge in [0.1, 0.15) is 0 Å². The molecule has 2 aromatic rings. The molecule has 0 fully saturated rings. The van der Waals surface area contributed by atoms with E-state index >= 15 is 0 Å². The van der Waals surface area contributed by atoms with Crippen molar-refractivity contribution in [3.63, 3.8) is 0 Å². The Labute approximate surface area is 105 Å². The molecule has 1 aromatic heterocycles. The Bertz CT molecular complexity index is 500. The summed E-state index contributed by atoms with van der Waals surface area (Å²) in [5.41, 5.74) is 0.976. The molecule has 4 nitrogen and oxygen atoms in total. The maximum atomic E-state index is 4.03. The van der Waals surface area contributed by atoms with Crippen molar-refractivity contribution in [2.45, 2.75) is 21.7 Å². The third-order valence-electron chi connectivity index (χ3n) is 2.59. The molecular formula is C12H16N4Sn. The summed E-state index contributed by atoms with van der Waals surface area (Å²) < 4.78 is 1.50. The van der Waals surface area contributed by atoms with Gasteiger partial charge in [-0.05, 0) is 0 Å². The van der Waals surface area contributed by atoms with Crippen molar-refractivity contribution in [1.82, 2.24) is 20.4 Å². The number of aromatic nitrogens is 4. The van der Waals surface area contributed by atoms with E-state index < -0.39 is 18.4 Å². The van der Waals surface area contributed by atoms with Crippen LogP contribution in [0.1, 0.15) is 5.82 Å². The summed E-state index contributed by atoms with van der Waals surface area (Å²) in [6, 6.07) is 8.50. The molecule has 0 aliphatic carbocycles. The first-order chi connectivity index (χ1) is 7.97. The molecule has 1 aromatic carbocycles. The summed E-state index contributed by atoms with van der Waals surface area (Å²) in [5, 5.41) is 15.9. The third-order valence-corrected chi connectivity index (χ3v) is 8.48. The van der Waals surface area contributed by atoms with E-state index in [1.807, 2.05) is 0 Å². The van der Waals surface area contributed by atoms with Crippen LogP contribution < -0.4 is 3.58 Å². The molecule has 0 atom stereocenters. The molecule has 0 unspecified atom stereocenters. The Morgan fingerprint density at radius 3 is 1.82 bits per heavy atom. The molecule has 2 rings (SSSR count).